The first-order valence-electron chi connectivity index (χ1n) is 2.88. The fourth-order valence-corrected chi connectivity index (χ4v) is 1.25. The molecule has 0 spiro atoms. The molecule has 0 aromatic carbocycles. The van der Waals surface area contributed by atoms with Crippen molar-refractivity contribution in [1.29, 1.82) is 0 Å². The summed E-state index contributed by atoms with van der Waals surface area (Å²) in [4.78, 5) is 7.38. The molecule has 1 aromatic heterocycles. The molecule has 5 heteroatoms. The van der Waals surface area contributed by atoms with E-state index in [0.717, 1.165) is 0 Å². The van der Waals surface area contributed by atoms with Crippen molar-refractivity contribution in [2.75, 3.05) is 0 Å². The van der Waals surface area contributed by atoms with Crippen LogP contribution < -0.4 is 0 Å². The predicted molar refractivity (Wildman–Crippen MR) is 40.0 cm³/mol. The molecule has 0 unspecified atom stereocenters. The lowest BCUT2D eigenvalue weighted by Gasteiger charge is -1.94. The first-order chi connectivity index (χ1) is 5.08. The third-order valence-corrected chi connectivity index (χ3v) is 1.75. The van der Waals surface area contributed by atoms with Gasteiger partial charge in [-0.15, -0.1) is 0 Å². The molecule has 0 atom stereocenters. The van der Waals surface area contributed by atoms with Gasteiger partial charge in [-0.05, 0) is 6.07 Å². The summed E-state index contributed by atoms with van der Waals surface area (Å²) in [7, 11) is -3.22. The average Bonchev–Trinajstić information content (AvgIpc) is 1.85. The molecule has 1 heterocycles. The third kappa shape index (κ3) is 3.08. The Labute approximate surface area is 65.2 Å². The topological polar surface area (TPSA) is 59.9 Å². The summed E-state index contributed by atoms with van der Waals surface area (Å²) in [5.74, 6) is -0.129. The summed E-state index contributed by atoms with van der Waals surface area (Å²) in [6, 6.07) is 1.54. The molecule has 1 rings (SSSR count). The van der Waals surface area contributed by atoms with Crippen LogP contribution in [0, 0.1) is 6.26 Å². The molecule has 1 aromatic rings. The van der Waals surface area contributed by atoms with Crippen molar-refractivity contribution in [3.05, 3.63) is 30.5 Å². The van der Waals surface area contributed by atoms with Crippen LogP contribution in [0.3, 0.4) is 0 Å². The van der Waals surface area contributed by atoms with Crippen LogP contribution in [0.2, 0.25) is 0 Å². The molecular formula is C6H7N2O2S. The van der Waals surface area contributed by atoms with Gasteiger partial charge in [-0.2, -0.15) is 0 Å². The van der Waals surface area contributed by atoms with Gasteiger partial charge >= 0.3 is 0 Å². The second-order valence-electron chi connectivity index (χ2n) is 2.09. The van der Waals surface area contributed by atoms with Crippen LogP contribution >= 0.6 is 0 Å². The maximum Gasteiger partial charge on any atom is 0.157 e. The number of hydrogen-bond acceptors (Lipinski definition) is 4. The van der Waals surface area contributed by atoms with E-state index in [9.17, 15) is 8.42 Å². The zero-order valence-corrected chi connectivity index (χ0v) is 6.58. The Kier molecular flexibility index (Phi) is 2.19. The molecule has 1 radical (unpaired) electrons. The van der Waals surface area contributed by atoms with E-state index < -0.39 is 9.84 Å². The molecule has 0 aliphatic heterocycles. The minimum Gasteiger partial charge on any atom is -0.245 e. The van der Waals surface area contributed by atoms with Crippen molar-refractivity contribution < 1.29 is 8.42 Å². The van der Waals surface area contributed by atoms with E-state index in [1.165, 1.54) is 12.5 Å². The van der Waals surface area contributed by atoms with E-state index in [4.69, 9.17) is 0 Å². The zero-order valence-electron chi connectivity index (χ0n) is 5.77. The van der Waals surface area contributed by atoms with Gasteiger partial charge in [0.1, 0.15) is 6.33 Å². The molecule has 0 N–H and O–H groups in total. The molecule has 0 saturated heterocycles. The summed E-state index contributed by atoms with van der Waals surface area (Å²) in [5.41, 5.74) is 0.468. The SMILES string of the molecule is [CH2]S(=O)(=O)Cc1ccncn1. The predicted octanol–water partition coefficient (Wildman–Crippen LogP) is 0.183. The standard InChI is InChI=1S/C6H7N2O2S/c1-11(9,10)4-6-2-3-7-5-8-6/h2-3,5H,1,4H2. The summed E-state index contributed by atoms with van der Waals surface area (Å²) in [6.07, 6.45) is 5.78. The van der Waals surface area contributed by atoms with Gasteiger partial charge in [0.2, 0.25) is 0 Å². The van der Waals surface area contributed by atoms with Crippen LogP contribution in [-0.2, 0) is 15.6 Å². The Morgan fingerprint density at radius 3 is 2.73 bits per heavy atom. The van der Waals surface area contributed by atoms with Crippen LogP contribution in [0.1, 0.15) is 5.69 Å². The smallest absolute Gasteiger partial charge is 0.157 e. The number of aromatic nitrogens is 2. The Balaban J connectivity index is 2.82. The van der Waals surface area contributed by atoms with Crippen molar-refractivity contribution in [1.82, 2.24) is 9.97 Å². The first kappa shape index (κ1) is 8.13. The molecular weight excluding hydrogens is 164 g/mol. The minimum atomic E-state index is -3.22. The van der Waals surface area contributed by atoms with Gasteiger partial charge < -0.3 is 0 Å². The number of sulfone groups is 1. The van der Waals surface area contributed by atoms with Crippen LogP contribution in [-0.4, -0.2) is 18.4 Å². The van der Waals surface area contributed by atoms with Crippen molar-refractivity contribution in [3.63, 3.8) is 0 Å². The van der Waals surface area contributed by atoms with Crippen LogP contribution in [0.25, 0.3) is 0 Å². The fourth-order valence-electron chi connectivity index (χ4n) is 0.629. The van der Waals surface area contributed by atoms with E-state index >= 15 is 0 Å². The third-order valence-electron chi connectivity index (χ3n) is 1.01. The quantitative estimate of drug-likeness (QED) is 0.637. The van der Waals surface area contributed by atoms with E-state index in [-0.39, 0.29) is 5.75 Å². The normalized spacial score (nSPS) is 11.4. The highest BCUT2D eigenvalue weighted by Crippen LogP contribution is 1.99. The zero-order chi connectivity index (χ0) is 8.32. The molecule has 0 bridgehead atoms. The monoisotopic (exact) mass is 171 g/mol. The maximum atomic E-state index is 10.6. The average molecular weight is 171 g/mol. The number of hydrogen-bond donors (Lipinski definition) is 0. The van der Waals surface area contributed by atoms with E-state index in [1.807, 2.05) is 0 Å². The van der Waals surface area contributed by atoms with Crippen molar-refractivity contribution >= 4 is 9.84 Å². The molecule has 0 aliphatic rings. The fraction of sp³-hybridized carbons (Fsp3) is 0.167. The van der Waals surface area contributed by atoms with Gasteiger partial charge in [-0.1, -0.05) is 0 Å². The first-order valence-corrected chi connectivity index (χ1v) is 4.71. The van der Waals surface area contributed by atoms with Crippen molar-refractivity contribution in [2.45, 2.75) is 5.75 Å². The van der Waals surface area contributed by atoms with Crippen molar-refractivity contribution in [2.24, 2.45) is 0 Å². The van der Waals surface area contributed by atoms with Gasteiger partial charge in [0, 0.05) is 6.20 Å². The second-order valence-corrected chi connectivity index (χ2v) is 3.86. The highest BCUT2D eigenvalue weighted by molar-refractivity contribution is 7.91. The highest BCUT2D eigenvalue weighted by Gasteiger charge is 2.04. The van der Waals surface area contributed by atoms with Gasteiger partial charge in [-0.25, -0.2) is 18.4 Å². The van der Waals surface area contributed by atoms with Crippen LogP contribution in [0.5, 0.6) is 0 Å². The van der Waals surface area contributed by atoms with Gasteiger partial charge in [0.15, 0.2) is 9.84 Å². The number of rotatable bonds is 2. The maximum absolute atomic E-state index is 10.6. The van der Waals surface area contributed by atoms with Crippen LogP contribution in [0.4, 0.5) is 0 Å². The molecule has 4 nitrogen and oxygen atoms in total. The van der Waals surface area contributed by atoms with E-state index in [1.54, 1.807) is 6.07 Å². The Morgan fingerprint density at radius 1 is 1.55 bits per heavy atom. The largest absolute Gasteiger partial charge is 0.245 e. The lowest BCUT2D eigenvalue weighted by molar-refractivity contribution is 0.603. The highest BCUT2D eigenvalue weighted by atomic mass is 32.2. The molecule has 59 valence electrons. The Hall–Kier alpha value is -0.970. The summed E-state index contributed by atoms with van der Waals surface area (Å²) in [6.45, 7) is 0. The lowest BCUT2D eigenvalue weighted by atomic mass is 10.5. The molecule has 0 aliphatic carbocycles. The summed E-state index contributed by atoms with van der Waals surface area (Å²) < 4.78 is 21.3. The van der Waals surface area contributed by atoms with Crippen molar-refractivity contribution in [3.8, 4) is 0 Å². The summed E-state index contributed by atoms with van der Waals surface area (Å²) >= 11 is 0. The molecule has 11 heavy (non-hydrogen) atoms. The molecule has 0 fully saturated rings. The second kappa shape index (κ2) is 2.96. The summed E-state index contributed by atoms with van der Waals surface area (Å²) in [5, 5.41) is 0. The molecule has 0 amide bonds. The Morgan fingerprint density at radius 2 is 2.27 bits per heavy atom. The van der Waals surface area contributed by atoms with E-state index in [0.29, 0.717) is 5.69 Å². The van der Waals surface area contributed by atoms with Gasteiger partial charge in [0.25, 0.3) is 0 Å². The van der Waals surface area contributed by atoms with E-state index in [2.05, 4.69) is 16.2 Å². The molecule has 0 saturated carbocycles. The lowest BCUT2D eigenvalue weighted by Crippen LogP contribution is -2.00. The van der Waals surface area contributed by atoms with Crippen LogP contribution in [0.15, 0.2) is 18.6 Å². The van der Waals surface area contributed by atoms with Gasteiger partial charge in [0.05, 0.1) is 17.7 Å². The minimum absolute atomic E-state index is 0.129. The Bertz CT molecular complexity index is 320. The van der Waals surface area contributed by atoms with Gasteiger partial charge in [-0.3, -0.25) is 0 Å². The number of nitrogens with zero attached hydrogens (tertiary/aromatic N) is 2.